The van der Waals surface area contributed by atoms with Gasteiger partial charge in [-0.3, -0.25) is 9.59 Å². The molecule has 0 saturated carbocycles. The van der Waals surface area contributed by atoms with Crippen LogP contribution in [0.25, 0.3) is 10.2 Å². The minimum absolute atomic E-state index is 0.0402. The molecule has 0 unspecified atom stereocenters. The summed E-state index contributed by atoms with van der Waals surface area (Å²) >= 11 is 1.24. The molecule has 0 N–H and O–H groups in total. The number of amides is 1. The second-order valence-corrected chi connectivity index (χ2v) is 11.1. The number of carbonyl (C=O) groups excluding carboxylic acids is 2. The normalized spacial score (nSPS) is 13.7. The van der Waals surface area contributed by atoms with Crippen LogP contribution in [0.5, 0.6) is 11.5 Å². The second-order valence-electron chi connectivity index (χ2n) is 7.98. The molecule has 11 heteroatoms. The van der Waals surface area contributed by atoms with Crippen molar-refractivity contribution in [3.8, 4) is 11.5 Å². The van der Waals surface area contributed by atoms with Gasteiger partial charge in [0.05, 0.1) is 27.5 Å². The number of carbonyl (C=O) groups is 2. The van der Waals surface area contributed by atoms with Crippen LogP contribution in [0.3, 0.4) is 0 Å². The van der Waals surface area contributed by atoms with E-state index in [1.54, 1.807) is 47.9 Å². The quantitative estimate of drug-likeness (QED) is 0.421. The summed E-state index contributed by atoms with van der Waals surface area (Å²) < 4.78 is 43.8. The van der Waals surface area contributed by atoms with Crippen LogP contribution in [0.15, 0.2) is 46.3 Å². The standard InChI is InChI=1S/C24H26N2O7S2/c1-3-31-23(28)15-26-18-13-19-20(33-11-10-32-19)14-21(18)34-24(26)25-22(27)5-4-12-35(29,30)17-8-6-16(2)7-9-17/h6-9,13-14H,3-5,10-12,15H2,1-2H3. The predicted molar refractivity (Wildman–Crippen MR) is 130 cm³/mol. The zero-order chi connectivity index (χ0) is 25.0. The molecule has 0 saturated heterocycles. The monoisotopic (exact) mass is 518 g/mol. The first-order chi connectivity index (χ1) is 16.8. The second kappa shape index (κ2) is 10.6. The maximum absolute atomic E-state index is 12.6. The number of aromatic nitrogens is 1. The Morgan fingerprint density at radius 3 is 2.49 bits per heavy atom. The first-order valence-corrected chi connectivity index (χ1v) is 13.7. The fourth-order valence-corrected chi connectivity index (χ4v) is 5.99. The number of aryl methyl sites for hydroxylation is 1. The third-order valence-electron chi connectivity index (χ3n) is 5.34. The highest BCUT2D eigenvalue weighted by molar-refractivity contribution is 7.91. The van der Waals surface area contributed by atoms with Crippen LogP contribution in [0, 0.1) is 6.92 Å². The van der Waals surface area contributed by atoms with E-state index in [4.69, 9.17) is 14.2 Å². The van der Waals surface area contributed by atoms with E-state index >= 15 is 0 Å². The topological polar surface area (TPSA) is 113 Å². The number of ether oxygens (including phenoxy) is 3. The molecule has 186 valence electrons. The molecule has 0 spiro atoms. The molecule has 35 heavy (non-hydrogen) atoms. The number of rotatable bonds is 8. The Labute approximate surface area is 206 Å². The lowest BCUT2D eigenvalue weighted by molar-refractivity contribution is -0.143. The zero-order valence-electron chi connectivity index (χ0n) is 19.5. The van der Waals surface area contributed by atoms with Crippen molar-refractivity contribution in [2.75, 3.05) is 25.6 Å². The third kappa shape index (κ3) is 5.91. The SMILES string of the molecule is CCOC(=O)Cn1c(=NC(=O)CCCS(=O)(=O)c2ccc(C)cc2)sc2cc3c(cc21)OCCO3. The van der Waals surface area contributed by atoms with Gasteiger partial charge in [-0.1, -0.05) is 29.0 Å². The summed E-state index contributed by atoms with van der Waals surface area (Å²) in [5, 5.41) is 0. The molecule has 2 aromatic carbocycles. The average molecular weight is 519 g/mol. The van der Waals surface area contributed by atoms with Gasteiger partial charge in [-0.25, -0.2) is 8.42 Å². The molecule has 0 bridgehead atoms. The lowest BCUT2D eigenvalue weighted by Crippen LogP contribution is -2.23. The summed E-state index contributed by atoms with van der Waals surface area (Å²) in [5.41, 5.74) is 1.64. The van der Waals surface area contributed by atoms with E-state index in [9.17, 15) is 18.0 Å². The first-order valence-electron chi connectivity index (χ1n) is 11.2. The largest absolute Gasteiger partial charge is 0.486 e. The molecule has 1 aromatic heterocycles. The smallest absolute Gasteiger partial charge is 0.326 e. The van der Waals surface area contributed by atoms with Crippen molar-refractivity contribution in [3.05, 3.63) is 46.8 Å². The van der Waals surface area contributed by atoms with E-state index in [0.29, 0.717) is 35.0 Å². The lowest BCUT2D eigenvalue weighted by atomic mass is 10.2. The number of thiazole rings is 1. The Balaban J connectivity index is 1.56. The van der Waals surface area contributed by atoms with Gasteiger partial charge in [-0.15, -0.1) is 0 Å². The molecule has 2 heterocycles. The van der Waals surface area contributed by atoms with Gasteiger partial charge < -0.3 is 18.8 Å². The molecule has 1 aliphatic heterocycles. The van der Waals surface area contributed by atoms with Crippen molar-refractivity contribution in [1.29, 1.82) is 0 Å². The van der Waals surface area contributed by atoms with Gasteiger partial charge >= 0.3 is 5.97 Å². The van der Waals surface area contributed by atoms with Crippen molar-refractivity contribution < 1.29 is 32.2 Å². The average Bonchev–Trinajstić information content (AvgIpc) is 3.13. The fourth-order valence-electron chi connectivity index (χ4n) is 3.62. The Bertz CT molecular complexity index is 1420. The highest BCUT2D eigenvalue weighted by Gasteiger charge is 2.19. The van der Waals surface area contributed by atoms with Crippen LogP contribution in [0.4, 0.5) is 0 Å². The summed E-state index contributed by atoms with van der Waals surface area (Å²) in [6.07, 6.45) is 0.0960. The molecule has 3 aromatic rings. The number of benzene rings is 2. The molecule has 0 atom stereocenters. The van der Waals surface area contributed by atoms with E-state index in [1.807, 2.05) is 6.92 Å². The molecule has 9 nitrogen and oxygen atoms in total. The van der Waals surface area contributed by atoms with Gasteiger partial charge in [-0.2, -0.15) is 4.99 Å². The molecule has 1 aliphatic rings. The van der Waals surface area contributed by atoms with Gasteiger partial charge in [0, 0.05) is 18.6 Å². The lowest BCUT2D eigenvalue weighted by Gasteiger charge is -2.18. The number of hydrogen-bond donors (Lipinski definition) is 0. The Morgan fingerprint density at radius 1 is 1.11 bits per heavy atom. The number of sulfone groups is 1. The number of nitrogens with zero attached hydrogens (tertiary/aromatic N) is 2. The Hall–Kier alpha value is -3.18. The number of fused-ring (bicyclic) bond motifs is 2. The Kier molecular flexibility index (Phi) is 7.56. The molecule has 4 rings (SSSR count). The van der Waals surface area contributed by atoms with E-state index in [0.717, 1.165) is 10.3 Å². The van der Waals surface area contributed by atoms with Gasteiger partial charge in [0.2, 0.25) is 5.91 Å². The maximum Gasteiger partial charge on any atom is 0.326 e. The van der Waals surface area contributed by atoms with Crippen molar-refractivity contribution in [3.63, 3.8) is 0 Å². The summed E-state index contributed by atoms with van der Waals surface area (Å²) in [6.45, 7) is 4.56. The van der Waals surface area contributed by atoms with Crippen molar-refractivity contribution in [2.45, 2.75) is 38.1 Å². The minimum Gasteiger partial charge on any atom is -0.486 e. The van der Waals surface area contributed by atoms with Crippen LogP contribution in [0.2, 0.25) is 0 Å². The summed E-state index contributed by atoms with van der Waals surface area (Å²) in [7, 11) is -3.49. The van der Waals surface area contributed by atoms with Gasteiger partial charge in [0.15, 0.2) is 26.1 Å². The first kappa shape index (κ1) is 24.9. The molecular formula is C24H26N2O7S2. The van der Waals surface area contributed by atoms with E-state index in [1.165, 1.54) is 11.3 Å². The maximum atomic E-state index is 12.6. The van der Waals surface area contributed by atoms with E-state index in [2.05, 4.69) is 4.99 Å². The van der Waals surface area contributed by atoms with Gasteiger partial charge in [-0.05, 0) is 32.4 Å². The van der Waals surface area contributed by atoms with Crippen molar-refractivity contribution in [2.24, 2.45) is 4.99 Å². The van der Waals surface area contributed by atoms with Crippen LogP contribution in [0.1, 0.15) is 25.3 Å². The van der Waals surface area contributed by atoms with Crippen molar-refractivity contribution in [1.82, 2.24) is 4.57 Å². The summed E-state index contributed by atoms with van der Waals surface area (Å²) in [6, 6.07) is 10.2. The fraction of sp³-hybridized carbons (Fsp3) is 0.375. The predicted octanol–water partition coefficient (Wildman–Crippen LogP) is 3.03. The van der Waals surface area contributed by atoms with Crippen molar-refractivity contribution >= 4 is 43.3 Å². The molecular weight excluding hydrogens is 492 g/mol. The summed E-state index contributed by atoms with van der Waals surface area (Å²) in [5.74, 6) is 0.0602. The number of hydrogen-bond acceptors (Lipinski definition) is 8. The summed E-state index contributed by atoms with van der Waals surface area (Å²) in [4.78, 5) is 29.6. The van der Waals surface area contributed by atoms with Gasteiger partial charge in [0.1, 0.15) is 19.8 Å². The van der Waals surface area contributed by atoms with E-state index in [-0.39, 0.29) is 36.6 Å². The molecule has 0 aliphatic carbocycles. The number of esters is 1. The minimum atomic E-state index is -3.49. The van der Waals surface area contributed by atoms with Crippen LogP contribution in [-0.2, 0) is 30.7 Å². The van der Waals surface area contributed by atoms with Crippen LogP contribution >= 0.6 is 11.3 Å². The van der Waals surface area contributed by atoms with Crippen LogP contribution < -0.4 is 14.3 Å². The third-order valence-corrected chi connectivity index (χ3v) is 8.20. The van der Waals surface area contributed by atoms with E-state index < -0.39 is 21.7 Å². The highest BCUT2D eigenvalue weighted by atomic mass is 32.2. The zero-order valence-corrected chi connectivity index (χ0v) is 21.1. The van der Waals surface area contributed by atoms with Crippen LogP contribution in [-0.4, -0.2) is 50.4 Å². The van der Waals surface area contributed by atoms with Gasteiger partial charge in [0.25, 0.3) is 0 Å². The molecule has 0 radical (unpaired) electrons. The molecule has 1 amide bonds. The highest BCUT2D eigenvalue weighted by Crippen LogP contribution is 2.35. The Morgan fingerprint density at radius 2 is 1.80 bits per heavy atom. The molecule has 0 fully saturated rings.